The summed E-state index contributed by atoms with van der Waals surface area (Å²) < 4.78 is 2.34. The van der Waals surface area contributed by atoms with Crippen molar-refractivity contribution in [1.82, 2.24) is 30.4 Å². The van der Waals surface area contributed by atoms with Gasteiger partial charge in [0, 0.05) is 56.1 Å². The molecule has 7 nitrogen and oxygen atoms in total. The van der Waals surface area contributed by atoms with E-state index in [1.165, 1.54) is 47.2 Å². The number of aryl methyl sites for hydroxylation is 3. The summed E-state index contributed by atoms with van der Waals surface area (Å²) in [4.78, 5) is 7.84. The van der Waals surface area contributed by atoms with Crippen LogP contribution in [0.2, 0.25) is 0 Å². The molecule has 0 unspecified atom stereocenters. The number of halogens is 1. The van der Waals surface area contributed by atoms with Crippen LogP contribution in [0.15, 0.2) is 29.3 Å². The molecule has 1 aliphatic heterocycles. The number of para-hydroxylation sites is 1. The largest absolute Gasteiger partial charge is 0.358 e. The van der Waals surface area contributed by atoms with Crippen LogP contribution in [0.25, 0.3) is 10.9 Å². The van der Waals surface area contributed by atoms with Gasteiger partial charge in [-0.1, -0.05) is 24.6 Å². The minimum Gasteiger partial charge on any atom is -0.358 e. The van der Waals surface area contributed by atoms with E-state index in [2.05, 4.69) is 66.6 Å². The van der Waals surface area contributed by atoms with Crippen molar-refractivity contribution in [3.05, 3.63) is 47.2 Å². The molecule has 31 heavy (non-hydrogen) atoms. The standard InChI is InChI=1S/C23H33N7.HI/c1-17-18(19-9-5-6-10-20(19)27-17)13-15-26-23(24-2)25-14-8-12-22-29-28-21-11-4-3-7-16-30(21)22;/h5-6,9-10,27H,3-4,7-8,11-16H2,1-2H3,(H2,24,25,26);1H. The number of guanidine groups is 1. The van der Waals surface area contributed by atoms with Gasteiger partial charge < -0.3 is 20.2 Å². The normalized spacial score (nSPS) is 14.1. The molecule has 1 aliphatic rings. The first-order chi connectivity index (χ1) is 14.8. The summed E-state index contributed by atoms with van der Waals surface area (Å²) in [6.45, 7) is 4.93. The molecule has 168 valence electrons. The van der Waals surface area contributed by atoms with E-state index in [0.717, 1.165) is 57.1 Å². The van der Waals surface area contributed by atoms with E-state index in [1.54, 1.807) is 0 Å². The second kappa shape index (κ2) is 11.5. The second-order valence-electron chi connectivity index (χ2n) is 8.05. The molecule has 0 amide bonds. The Kier molecular flexibility index (Phi) is 8.74. The summed E-state index contributed by atoms with van der Waals surface area (Å²) in [5.74, 6) is 3.15. The highest BCUT2D eigenvalue weighted by Crippen LogP contribution is 2.21. The first-order valence-electron chi connectivity index (χ1n) is 11.2. The molecule has 0 aliphatic carbocycles. The molecule has 1 aromatic carbocycles. The van der Waals surface area contributed by atoms with Crippen molar-refractivity contribution in [3.8, 4) is 0 Å². The fourth-order valence-corrected chi connectivity index (χ4v) is 4.37. The van der Waals surface area contributed by atoms with E-state index >= 15 is 0 Å². The van der Waals surface area contributed by atoms with Gasteiger partial charge >= 0.3 is 0 Å². The predicted molar refractivity (Wildman–Crippen MR) is 137 cm³/mol. The third kappa shape index (κ3) is 5.78. The number of rotatable bonds is 7. The van der Waals surface area contributed by atoms with Gasteiger partial charge in [0.15, 0.2) is 5.96 Å². The predicted octanol–water partition coefficient (Wildman–Crippen LogP) is 3.75. The number of hydrogen-bond donors (Lipinski definition) is 3. The van der Waals surface area contributed by atoms with Crippen LogP contribution < -0.4 is 10.6 Å². The van der Waals surface area contributed by atoms with Gasteiger partial charge in [-0.05, 0) is 44.2 Å². The summed E-state index contributed by atoms with van der Waals surface area (Å²) >= 11 is 0. The molecule has 0 spiro atoms. The fraction of sp³-hybridized carbons (Fsp3) is 0.522. The molecule has 3 aromatic rings. The first kappa shape index (κ1) is 23.6. The Morgan fingerprint density at radius 3 is 2.81 bits per heavy atom. The van der Waals surface area contributed by atoms with Crippen LogP contribution in [-0.2, 0) is 25.8 Å². The number of nitrogens with one attached hydrogen (secondary N) is 3. The Labute approximate surface area is 201 Å². The van der Waals surface area contributed by atoms with Crippen LogP contribution in [0.5, 0.6) is 0 Å². The highest BCUT2D eigenvalue weighted by Gasteiger charge is 2.14. The van der Waals surface area contributed by atoms with Crippen molar-refractivity contribution in [3.63, 3.8) is 0 Å². The van der Waals surface area contributed by atoms with Crippen molar-refractivity contribution in [1.29, 1.82) is 0 Å². The summed E-state index contributed by atoms with van der Waals surface area (Å²) in [6, 6.07) is 8.49. The van der Waals surface area contributed by atoms with Gasteiger partial charge in [0.2, 0.25) is 0 Å². The zero-order valence-electron chi connectivity index (χ0n) is 18.6. The average Bonchev–Trinajstić information content (AvgIpc) is 3.19. The van der Waals surface area contributed by atoms with E-state index in [9.17, 15) is 0 Å². The van der Waals surface area contributed by atoms with Gasteiger partial charge in [-0.25, -0.2) is 0 Å². The molecule has 4 rings (SSSR count). The average molecular weight is 535 g/mol. The number of aromatic amines is 1. The van der Waals surface area contributed by atoms with E-state index in [-0.39, 0.29) is 24.0 Å². The van der Waals surface area contributed by atoms with Crippen LogP contribution in [0.3, 0.4) is 0 Å². The summed E-state index contributed by atoms with van der Waals surface area (Å²) in [7, 11) is 1.82. The number of benzene rings is 1. The molecule has 0 saturated heterocycles. The molecule has 0 bridgehead atoms. The monoisotopic (exact) mass is 535 g/mol. The number of H-pyrrole nitrogens is 1. The van der Waals surface area contributed by atoms with Crippen molar-refractivity contribution >= 4 is 40.8 Å². The van der Waals surface area contributed by atoms with E-state index in [1.807, 2.05) is 7.05 Å². The molecular weight excluding hydrogens is 501 g/mol. The highest BCUT2D eigenvalue weighted by molar-refractivity contribution is 14.0. The van der Waals surface area contributed by atoms with Crippen LogP contribution in [-0.4, -0.2) is 45.8 Å². The summed E-state index contributed by atoms with van der Waals surface area (Å²) in [6.07, 6.45) is 7.76. The lowest BCUT2D eigenvalue weighted by atomic mass is 10.1. The Morgan fingerprint density at radius 1 is 1.10 bits per heavy atom. The van der Waals surface area contributed by atoms with Crippen LogP contribution >= 0.6 is 24.0 Å². The van der Waals surface area contributed by atoms with E-state index < -0.39 is 0 Å². The van der Waals surface area contributed by atoms with E-state index in [4.69, 9.17) is 0 Å². The molecule has 0 atom stereocenters. The van der Waals surface area contributed by atoms with Gasteiger partial charge in [-0.15, -0.1) is 34.2 Å². The molecule has 3 heterocycles. The lowest BCUT2D eigenvalue weighted by Crippen LogP contribution is -2.38. The number of aliphatic imine (C=N–C) groups is 1. The molecule has 8 heteroatoms. The SMILES string of the molecule is CN=C(NCCCc1nnc2n1CCCCC2)NCCc1c(C)[nH]c2ccccc12.I. The van der Waals surface area contributed by atoms with Crippen LogP contribution in [0.4, 0.5) is 0 Å². The molecule has 0 radical (unpaired) electrons. The maximum absolute atomic E-state index is 4.42. The fourth-order valence-electron chi connectivity index (χ4n) is 4.37. The zero-order valence-corrected chi connectivity index (χ0v) is 20.9. The van der Waals surface area contributed by atoms with Crippen molar-refractivity contribution in [2.75, 3.05) is 20.1 Å². The number of fused-ring (bicyclic) bond motifs is 2. The Hall–Kier alpha value is -2.10. The molecule has 0 fully saturated rings. The van der Waals surface area contributed by atoms with Crippen molar-refractivity contribution in [2.24, 2.45) is 4.99 Å². The van der Waals surface area contributed by atoms with Gasteiger partial charge in [0.1, 0.15) is 11.6 Å². The van der Waals surface area contributed by atoms with Gasteiger partial charge in [0.05, 0.1) is 0 Å². The quantitative estimate of drug-likeness (QED) is 0.186. The van der Waals surface area contributed by atoms with Crippen molar-refractivity contribution < 1.29 is 0 Å². The van der Waals surface area contributed by atoms with Crippen molar-refractivity contribution in [2.45, 2.75) is 58.4 Å². The van der Waals surface area contributed by atoms with Crippen LogP contribution in [0.1, 0.15) is 48.6 Å². The second-order valence-corrected chi connectivity index (χ2v) is 8.05. The molecular formula is C23H34IN7. The third-order valence-electron chi connectivity index (χ3n) is 5.97. The summed E-state index contributed by atoms with van der Waals surface area (Å²) in [5.41, 5.74) is 3.83. The molecule has 2 aromatic heterocycles. The summed E-state index contributed by atoms with van der Waals surface area (Å²) in [5, 5.41) is 17.0. The van der Waals surface area contributed by atoms with Gasteiger partial charge in [-0.3, -0.25) is 4.99 Å². The number of hydrogen-bond acceptors (Lipinski definition) is 3. The maximum Gasteiger partial charge on any atom is 0.190 e. The molecule has 3 N–H and O–H groups in total. The lowest BCUT2D eigenvalue weighted by molar-refractivity contribution is 0.594. The Morgan fingerprint density at radius 2 is 1.94 bits per heavy atom. The minimum atomic E-state index is 0. The lowest BCUT2D eigenvalue weighted by Gasteiger charge is -2.12. The smallest absolute Gasteiger partial charge is 0.190 e. The van der Waals surface area contributed by atoms with Gasteiger partial charge in [0.25, 0.3) is 0 Å². The maximum atomic E-state index is 4.42. The van der Waals surface area contributed by atoms with Crippen LogP contribution in [0, 0.1) is 6.92 Å². The van der Waals surface area contributed by atoms with Gasteiger partial charge in [-0.2, -0.15) is 0 Å². The first-order valence-corrected chi connectivity index (χ1v) is 11.2. The Bertz CT molecular complexity index is 1000. The third-order valence-corrected chi connectivity index (χ3v) is 5.97. The molecule has 0 saturated carbocycles. The topological polar surface area (TPSA) is 82.9 Å². The number of aromatic nitrogens is 4. The van der Waals surface area contributed by atoms with E-state index in [0.29, 0.717) is 0 Å². The minimum absolute atomic E-state index is 0. The highest BCUT2D eigenvalue weighted by atomic mass is 127. The number of nitrogens with zero attached hydrogens (tertiary/aromatic N) is 4. The zero-order chi connectivity index (χ0) is 20.8. The Balaban J connectivity index is 0.00000272.